The number of hydrazone groups is 1. The van der Waals surface area contributed by atoms with Gasteiger partial charge in [0.15, 0.2) is 11.5 Å². The number of ether oxygens (including phenoxy) is 2. The monoisotopic (exact) mass is 561 g/mol. The Labute approximate surface area is 200 Å². The lowest BCUT2D eigenvalue weighted by atomic mass is 10.2. The van der Waals surface area contributed by atoms with Gasteiger partial charge in [-0.25, -0.2) is 5.43 Å². The summed E-state index contributed by atoms with van der Waals surface area (Å²) >= 11 is 6.87. The van der Waals surface area contributed by atoms with Crippen LogP contribution in [0.2, 0.25) is 0 Å². The van der Waals surface area contributed by atoms with Crippen molar-refractivity contribution >= 4 is 49.7 Å². The van der Waals surface area contributed by atoms with Gasteiger partial charge in [0, 0.05) is 10.5 Å². The van der Waals surface area contributed by atoms with Crippen LogP contribution in [0.4, 0.5) is 5.69 Å². The highest BCUT2D eigenvalue weighted by atomic mass is 79.9. The van der Waals surface area contributed by atoms with Crippen molar-refractivity contribution in [2.24, 2.45) is 5.10 Å². The number of rotatable bonds is 8. The van der Waals surface area contributed by atoms with Gasteiger partial charge >= 0.3 is 0 Å². The van der Waals surface area contributed by atoms with Crippen molar-refractivity contribution in [1.29, 1.82) is 0 Å². The molecule has 0 heterocycles. The molecule has 164 valence electrons. The summed E-state index contributed by atoms with van der Waals surface area (Å²) in [5.74, 6) is 0.313. The molecule has 0 saturated heterocycles. The highest BCUT2D eigenvalue weighted by Crippen LogP contribution is 2.37. The van der Waals surface area contributed by atoms with Crippen molar-refractivity contribution in [2.75, 3.05) is 7.11 Å². The summed E-state index contributed by atoms with van der Waals surface area (Å²) in [5.41, 5.74) is 3.54. The Morgan fingerprint density at radius 3 is 2.56 bits per heavy atom. The second-order valence-electron chi connectivity index (χ2n) is 6.42. The van der Waals surface area contributed by atoms with Gasteiger partial charge in [0.05, 0.1) is 22.7 Å². The van der Waals surface area contributed by atoms with E-state index in [9.17, 15) is 14.9 Å². The smallest absolute Gasteiger partial charge is 0.282 e. The summed E-state index contributed by atoms with van der Waals surface area (Å²) in [6.45, 7) is 0.349. The minimum Gasteiger partial charge on any atom is -0.493 e. The van der Waals surface area contributed by atoms with Crippen molar-refractivity contribution in [1.82, 2.24) is 5.43 Å². The Morgan fingerprint density at radius 2 is 1.88 bits per heavy atom. The topological polar surface area (TPSA) is 103 Å². The van der Waals surface area contributed by atoms with E-state index >= 15 is 0 Å². The summed E-state index contributed by atoms with van der Waals surface area (Å²) in [4.78, 5) is 22.7. The van der Waals surface area contributed by atoms with E-state index in [1.54, 1.807) is 18.2 Å². The molecule has 0 fully saturated rings. The third kappa shape index (κ3) is 5.92. The first-order chi connectivity index (χ1) is 15.4. The maximum atomic E-state index is 12.3. The van der Waals surface area contributed by atoms with Crippen LogP contribution < -0.4 is 14.9 Å². The molecule has 0 aliphatic rings. The van der Waals surface area contributed by atoms with Gasteiger partial charge in [0.1, 0.15) is 12.2 Å². The molecular formula is C22H17Br2N3O5. The molecule has 0 aromatic heterocycles. The molecule has 0 unspecified atom stereocenters. The molecule has 3 aromatic carbocycles. The molecular weight excluding hydrogens is 546 g/mol. The molecule has 3 aromatic rings. The maximum Gasteiger partial charge on any atom is 0.282 e. The third-order valence-electron chi connectivity index (χ3n) is 4.27. The van der Waals surface area contributed by atoms with Gasteiger partial charge in [-0.2, -0.15) is 5.10 Å². The lowest BCUT2D eigenvalue weighted by molar-refractivity contribution is -0.385. The maximum absolute atomic E-state index is 12.3. The molecule has 0 atom stereocenters. The van der Waals surface area contributed by atoms with Crippen molar-refractivity contribution in [3.63, 3.8) is 0 Å². The Balaban J connectivity index is 1.71. The Morgan fingerprint density at radius 1 is 1.16 bits per heavy atom. The standard InChI is InChI=1S/C22H17Br2N3O5/c1-31-20-11-15(10-18(24)21(20)32-13-14-6-8-16(23)9-7-14)12-25-26-22(28)17-4-2-3-5-19(17)27(29)30/h2-12H,13H2,1H3,(H,26,28)/b25-12-. The summed E-state index contributed by atoms with van der Waals surface area (Å²) in [5, 5.41) is 15.0. The van der Waals surface area contributed by atoms with Gasteiger partial charge < -0.3 is 9.47 Å². The van der Waals surface area contributed by atoms with E-state index in [0.717, 1.165) is 10.0 Å². The van der Waals surface area contributed by atoms with Gasteiger partial charge in [-0.05, 0) is 57.4 Å². The van der Waals surface area contributed by atoms with Crippen LogP contribution in [0.5, 0.6) is 11.5 Å². The van der Waals surface area contributed by atoms with Crippen LogP contribution in [0, 0.1) is 10.1 Å². The average molecular weight is 563 g/mol. The number of nitro benzene ring substituents is 1. The molecule has 0 bridgehead atoms. The van der Waals surface area contributed by atoms with E-state index < -0.39 is 10.8 Å². The minimum atomic E-state index is -0.686. The molecule has 0 spiro atoms. The van der Waals surface area contributed by atoms with E-state index in [2.05, 4.69) is 42.4 Å². The van der Waals surface area contributed by atoms with Crippen LogP contribution in [0.25, 0.3) is 0 Å². The van der Waals surface area contributed by atoms with Gasteiger partial charge in [-0.3, -0.25) is 14.9 Å². The molecule has 1 amide bonds. The molecule has 10 heteroatoms. The second kappa shape index (κ2) is 10.9. The molecule has 0 saturated carbocycles. The van der Waals surface area contributed by atoms with E-state index in [0.29, 0.717) is 28.1 Å². The summed E-state index contributed by atoms with van der Waals surface area (Å²) in [7, 11) is 1.52. The number of para-hydroxylation sites is 1. The lowest BCUT2D eigenvalue weighted by Gasteiger charge is -2.13. The number of amides is 1. The predicted molar refractivity (Wildman–Crippen MR) is 127 cm³/mol. The summed E-state index contributed by atoms with van der Waals surface area (Å²) in [6, 6.07) is 16.9. The van der Waals surface area contributed by atoms with Crippen molar-refractivity contribution in [3.05, 3.63) is 96.4 Å². The number of nitro groups is 1. The fourth-order valence-corrected chi connectivity index (χ4v) is 3.58. The highest BCUT2D eigenvalue weighted by molar-refractivity contribution is 9.10. The van der Waals surface area contributed by atoms with E-state index in [1.165, 1.54) is 31.5 Å². The first-order valence-electron chi connectivity index (χ1n) is 9.20. The quantitative estimate of drug-likeness (QED) is 0.223. The number of hydrogen-bond acceptors (Lipinski definition) is 6. The average Bonchev–Trinajstić information content (AvgIpc) is 2.79. The van der Waals surface area contributed by atoms with Gasteiger partial charge in [-0.15, -0.1) is 0 Å². The predicted octanol–water partition coefficient (Wildman–Crippen LogP) is 5.47. The normalized spacial score (nSPS) is 10.7. The summed E-state index contributed by atoms with van der Waals surface area (Å²) < 4.78 is 13.0. The number of nitrogens with zero attached hydrogens (tertiary/aromatic N) is 2. The number of benzene rings is 3. The molecule has 0 aliphatic heterocycles. The minimum absolute atomic E-state index is 0.0786. The van der Waals surface area contributed by atoms with Crippen LogP contribution in [-0.4, -0.2) is 24.2 Å². The van der Waals surface area contributed by atoms with Crippen molar-refractivity contribution in [3.8, 4) is 11.5 Å². The van der Waals surface area contributed by atoms with Crippen LogP contribution in [-0.2, 0) is 6.61 Å². The van der Waals surface area contributed by atoms with Crippen molar-refractivity contribution < 1.29 is 19.2 Å². The van der Waals surface area contributed by atoms with Gasteiger partial charge in [0.25, 0.3) is 11.6 Å². The zero-order chi connectivity index (χ0) is 23.1. The van der Waals surface area contributed by atoms with Crippen LogP contribution >= 0.6 is 31.9 Å². The molecule has 32 heavy (non-hydrogen) atoms. The number of carbonyl (C=O) groups excluding carboxylic acids is 1. The fourth-order valence-electron chi connectivity index (χ4n) is 2.74. The molecule has 0 aliphatic carbocycles. The van der Waals surface area contributed by atoms with Crippen molar-refractivity contribution in [2.45, 2.75) is 6.61 Å². The van der Waals surface area contributed by atoms with Gasteiger partial charge in [-0.1, -0.05) is 40.2 Å². The third-order valence-corrected chi connectivity index (χ3v) is 5.39. The van der Waals surface area contributed by atoms with E-state index in [1.807, 2.05) is 24.3 Å². The fraction of sp³-hybridized carbons (Fsp3) is 0.0909. The Hall–Kier alpha value is -3.24. The summed E-state index contributed by atoms with van der Waals surface area (Å²) in [6.07, 6.45) is 1.40. The van der Waals surface area contributed by atoms with E-state index in [-0.39, 0.29) is 11.3 Å². The van der Waals surface area contributed by atoms with Crippen LogP contribution in [0.15, 0.2) is 74.7 Å². The number of halogens is 2. The zero-order valence-corrected chi connectivity index (χ0v) is 19.9. The molecule has 8 nitrogen and oxygen atoms in total. The Bertz CT molecular complexity index is 1170. The molecule has 3 rings (SSSR count). The molecule has 1 N–H and O–H groups in total. The zero-order valence-electron chi connectivity index (χ0n) is 16.7. The lowest BCUT2D eigenvalue weighted by Crippen LogP contribution is -2.18. The first-order valence-corrected chi connectivity index (χ1v) is 10.8. The number of carbonyl (C=O) groups is 1. The Kier molecular flexibility index (Phi) is 7.96. The SMILES string of the molecule is COc1cc(/C=N\NC(=O)c2ccccc2[N+](=O)[O-])cc(Br)c1OCc1ccc(Br)cc1. The van der Waals surface area contributed by atoms with Gasteiger partial charge in [0.2, 0.25) is 0 Å². The second-order valence-corrected chi connectivity index (χ2v) is 8.19. The highest BCUT2D eigenvalue weighted by Gasteiger charge is 2.18. The number of hydrogen-bond donors (Lipinski definition) is 1. The molecule has 0 radical (unpaired) electrons. The number of methoxy groups -OCH3 is 1. The number of nitrogens with one attached hydrogen (secondary N) is 1. The largest absolute Gasteiger partial charge is 0.493 e. The first kappa shape index (κ1) is 23.4. The van der Waals surface area contributed by atoms with E-state index in [4.69, 9.17) is 9.47 Å². The van der Waals surface area contributed by atoms with Crippen LogP contribution in [0.1, 0.15) is 21.5 Å². The van der Waals surface area contributed by atoms with Crippen LogP contribution in [0.3, 0.4) is 0 Å².